The first-order chi connectivity index (χ1) is 15.6. The number of ether oxygens (including phenoxy) is 2. The average Bonchev–Trinajstić information content (AvgIpc) is 2.85. The fraction of sp³-hybridized carbons (Fsp3) is 0.462. The number of likely N-dealkylation sites (tertiary alicyclic amines) is 1. The van der Waals surface area contributed by atoms with Crippen LogP contribution in [0.25, 0.3) is 0 Å². The quantitative estimate of drug-likeness (QED) is 0.696. The monoisotopic (exact) mass is 436 g/mol. The van der Waals surface area contributed by atoms with Crippen molar-refractivity contribution in [3.8, 4) is 5.75 Å². The van der Waals surface area contributed by atoms with Gasteiger partial charge in [-0.1, -0.05) is 30.3 Å². The molecule has 2 amide bonds. The molecule has 6 nitrogen and oxygen atoms in total. The average molecular weight is 437 g/mol. The Kier molecular flexibility index (Phi) is 7.43. The van der Waals surface area contributed by atoms with Crippen LogP contribution in [-0.2, 0) is 16.0 Å². The van der Waals surface area contributed by atoms with Gasteiger partial charge in [-0.2, -0.15) is 0 Å². The molecule has 1 unspecified atom stereocenters. The number of morpholine rings is 1. The van der Waals surface area contributed by atoms with Crippen LogP contribution in [0.4, 0.5) is 0 Å². The summed E-state index contributed by atoms with van der Waals surface area (Å²) < 4.78 is 11.1. The zero-order chi connectivity index (χ0) is 22.3. The molecule has 2 heterocycles. The highest BCUT2D eigenvalue weighted by Crippen LogP contribution is 2.23. The molecule has 2 aromatic rings. The number of carbonyl (C=O) groups excluding carboxylic acids is 2. The highest BCUT2D eigenvalue weighted by atomic mass is 16.5. The largest absolute Gasteiger partial charge is 0.481 e. The van der Waals surface area contributed by atoms with Gasteiger partial charge in [0.2, 0.25) is 0 Å². The molecule has 0 spiro atoms. The molecule has 0 aliphatic carbocycles. The van der Waals surface area contributed by atoms with Gasteiger partial charge < -0.3 is 19.3 Å². The van der Waals surface area contributed by atoms with Gasteiger partial charge in [-0.15, -0.1) is 0 Å². The maximum atomic E-state index is 12.8. The number of hydrogen-bond donors (Lipinski definition) is 0. The van der Waals surface area contributed by atoms with E-state index in [1.165, 1.54) is 5.56 Å². The Morgan fingerprint density at radius 2 is 1.59 bits per heavy atom. The molecule has 2 aliphatic rings. The van der Waals surface area contributed by atoms with Gasteiger partial charge in [0, 0.05) is 31.7 Å². The van der Waals surface area contributed by atoms with Gasteiger partial charge in [-0.05, 0) is 61.9 Å². The van der Waals surface area contributed by atoms with Gasteiger partial charge in [0.05, 0.1) is 13.2 Å². The van der Waals surface area contributed by atoms with E-state index in [9.17, 15) is 9.59 Å². The SMILES string of the molecule is CC(Oc1ccccc1)C(=O)N1CCC(Cc2ccc(C(=O)N3CCOCC3)cc2)CC1. The number of carbonyl (C=O) groups is 2. The predicted molar refractivity (Wildman–Crippen MR) is 123 cm³/mol. The summed E-state index contributed by atoms with van der Waals surface area (Å²) >= 11 is 0. The third kappa shape index (κ3) is 5.68. The summed E-state index contributed by atoms with van der Waals surface area (Å²) in [6, 6.07) is 17.5. The molecular weight excluding hydrogens is 404 g/mol. The summed E-state index contributed by atoms with van der Waals surface area (Å²) in [7, 11) is 0. The Bertz CT molecular complexity index is 886. The van der Waals surface area contributed by atoms with E-state index < -0.39 is 6.10 Å². The normalized spacial score (nSPS) is 18.3. The molecule has 2 saturated heterocycles. The molecule has 170 valence electrons. The fourth-order valence-corrected chi connectivity index (χ4v) is 4.43. The molecule has 6 heteroatoms. The van der Waals surface area contributed by atoms with Crippen molar-refractivity contribution in [1.82, 2.24) is 9.80 Å². The topological polar surface area (TPSA) is 59.1 Å². The minimum absolute atomic E-state index is 0.0540. The second-order valence-electron chi connectivity index (χ2n) is 8.65. The number of amides is 2. The van der Waals surface area contributed by atoms with Crippen LogP contribution in [0.5, 0.6) is 5.75 Å². The summed E-state index contributed by atoms with van der Waals surface area (Å²) in [5.41, 5.74) is 1.98. The Morgan fingerprint density at radius 1 is 0.938 bits per heavy atom. The highest BCUT2D eigenvalue weighted by molar-refractivity contribution is 5.94. The summed E-state index contributed by atoms with van der Waals surface area (Å²) in [6.07, 6.45) is 2.46. The van der Waals surface area contributed by atoms with Crippen LogP contribution >= 0.6 is 0 Å². The van der Waals surface area contributed by atoms with E-state index in [4.69, 9.17) is 9.47 Å². The second-order valence-corrected chi connectivity index (χ2v) is 8.65. The van der Waals surface area contributed by atoms with Gasteiger partial charge in [-0.3, -0.25) is 9.59 Å². The molecule has 0 radical (unpaired) electrons. The molecule has 2 fully saturated rings. The Hall–Kier alpha value is -2.86. The lowest BCUT2D eigenvalue weighted by Gasteiger charge is -2.33. The summed E-state index contributed by atoms with van der Waals surface area (Å²) in [5.74, 6) is 1.40. The number of hydrogen-bond acceptors (Lipinski definition) is 4. The summed E-state index contributed by atoms with van der Waals surface area (Å²) in [4.78, 5) is 29.1. The van der Waals surface area contributed by atoms with Crippen molar-refractivity contribution >= 4 is 11.8 Å². The first kappa shape index (κ1) is 22.3. The van der Waals surface area contributed by atoms with E-state index in [0.29, 0.717) is 32.2 Å². The second kappa shape index (κ2) is 10.6. The van der Waals surface area contributed by atoms with E-state index >= 15 is 0 Å². The van der Waals surface area contributed by atoms with Crippen LogP contribution in [0.15, 0.2) is 54.6 Å². The zero-order valence-electron chi connectivity index (χ0n) is 18.7. The first-order valence-corrected chi connectivity index (χ1v) is 11.6. The van der Waals surface area contributed by atoms with Crippen LogP contribution in [0.2, 0.25) is 0 Å². The molecule has 0 N–H and O–H groups in total. The summed E-state index contributed by atoms with van der Waals surface area (Å²) in [6.45, 7) is 5.89. The first-order valence-electron chi connectivity index (χ1n) is 11.6. The van der Waals surface area contributed by atoms with Crippen molar-refractivity contribution in [1.29, 1.82) is 0 Å². The third-order valence-electron chi connectivity index (χ3n) is 6.35. The van der Waals surface area contributed by atoms with Crippen molar-refractivity contribution in [3.05, 3.63) is 65.7 Å². The third-order valence-corrected chi connectivity index (χ3v) is 6.35. The van der Waals surface area contributed by atoms with Crippen molar-refractivity contribution in [2.24, 2.45) is 5.92 Å². The Morgan fingerprint density at radius 3 is 2.25 bits per heavy atom. The Labute approximate surface area is 190 Å². The molecule has 0 aromatic heterocycles. The highest BCUT2D eigenvalue weighted by Gasteiger charge is 2.27. The molecule has 0 bridgehead atoms. The number of benzene rings is 2. The van der Waals surface area contributed by atoms with Crippen LogP contribution in [0.3, 0.4) is 0 Å². The van der Waals surface area contributed by atoms with Gasteiger partial charge >= 0.3 is 0 Å². The fourth-order valence-electron chi connectivity index (χ4n) is 4.43. The molecule has 4 rings (SSSR count). The molecule has 1 atom stereocenters. The maximum Gasteiger partial charge on any atom is 0.263 e. The lowest BCUT2D eigenvalue weighted by atomic mass is 9.89. The summed E-state index contributed by atoms with van der Waals surface area (Å²) in [5, 5.41) is 0. The van der Waals surface area contributed by atoms with Gasteiger partial charge in [0.25, 0.3) is 11.8 Å². The zero-order valence-corrected chi connectivity index (χ0v) is 18.7. The van der Waals surface area contributed by atoms with Gasteiger partial charge in [-0.25, -0.2) is 0 Å². The Balaban J connectivity index is 1.24. The molecule has 2 aromatic carbocycles. The van der Waals surface area contributed by atoms with E-state index in [-0.39, 0.29) is 11.8 Å². The van der Waals surface area contributed by atoms with E-state index in [1.807, 2.05) is 59.2 Å². The standard InChI is InChI=1S/C26H32N2O4/c1-20(32-24-5-3-2-4-6-24)25(29)27-13-11-22(12-14-27)19-21-7-9-23(10-8-21)26(30)28-15-17-31-18-16-28/h2-10,20,22H,11-19H2,1H3. The van der Waals surface area contributed by atoms with E-state index in [2.05, 4.69) is 12.1 Å². The van der Waals surface area contributed by atoms with Crippen LogP contribution in [0.1, 0.15) is 35.7 Å². The number of rotatable bonds is 6. The van der Waals surface area contributed by atoms with Crippen molar-refractivity contribution in [3.63, 3.8) is 0 Å². The van der Waals surface area contributed by atoms with Gasteiger partial charge in [0.15, 0.2) is 6.10 Å². The van der Waals surface area contributed by atoms with Crippen LogP contribution < -0.4 is 4.74 Å². The minimum Gasteiger partial charge on any atom is -0.481 e. The lowest BCUT2D eigenvalue weighted by Crippen LogP contribution is -2.45. The lowest BCUT2D eigenvalue weighted by molar-refractivity contribution is -0.139. The van der Waals surface area contributed by atoms with Gasteiger partial charge in [0.1, 0.15) is 5.75 Å². The maximum absolute atomic E-state index is 12.8. The van der Waals surface area contributed by atoms with E-state index in [1.54, 1.807) is 0 Å². The predicted octanol–water partition coefficient (Wildman–Crippen LogP) is 3.41. The molecule has 0 saturated carbocycles. The van der Waals surface area contributed by atoms with Crippen molar-refractivity contribution in [2.75, 3.05) is 39.4 Å². The van der Waals surface area contributed by atoms with Crippen molar-refractivity contribution < 1.29 is 19.1 Å². The van der Waals surface area contributed by atoms with Crippen LogP contribution in [-0.4, -0.2) is 67.1 Å². The van der Waals surface area contributed by atoms with Crippen molar-refractivity contribution in [2.45, 2.75) is 32.3 Å². The molecule has 2 aliphatic heterocycles. The number of para-hydroxylation sites is 1. The molecular formula is C26H32N2O4. The number of piperidine rings is 1. The van der Waals surface area contributed by atoms with E-state index in [0.717, 1.165) is 43.7 Å². The van der Waals surface area contributed by atoms with Crippen LogP contribution in [0, 0.1) is 5.92 Å². The number of nitrogens with zero attached hydrogens (tertiary/aromatic N) is 2. The minimum atomic E-state index is -0.481. The smallest absolute Gasteiger partial charge is 0.263 e. The molecule has 32 heavy (non-hydrogen) atoms.